The van der Waals surface area contributed by atoms with Crippen molar-refractivity contribution < 1.29 is 51.3 Å². The van der Waals surface area contributed by atoms with Gasteiger partial charge in [0.1, 0.15) is 30.2 Å². The van der Waals surface area contributed by atoms with Gasteiger partial charge in [-0.05, 0) is 11.8 Å². The molecule has 0 amide bonds. The smallest absolute Gasteiger partial charge is 0.382 e. The first-order valence-corrected chi connectivity index (χ1v) is 16.1. The number of H-pyrrole nitrogens is 1. The zero-order chi connectivity index (χ0) is 29.8. The first-order chi connectivity index (χ1) is 20.0. The highest BCUT2D eigenvalue weighted by Crippen LogP contribution is 2.55. The van der Waals surface area contributed by atoms with E-state index in [4.69, 9.17) is 45.1 Å². The Bertz CT molecular complexity index is 1710. The number of aromatic nitrogens is 6. The van der Waals surface area contributed by atoms with Gasteiger partial charge in [-0.15, -0.1) is 4.67 Å². The molecule has 3 saturated heterocycles. The summed E-state index contributed by atoms with van der Waals surface area (Å²) in [5.41, 5.74) is 4.61. The van der Waals surface area contributed by atoms with Crippen molar-refractivity contribution in [1.29, 1.82) is 0 Å². The predicted molar refractivity (Wildman–Crippen MR) is 138 cm³/mol. The van der Waals surface area contributed by atoms with Crippen LogP contribution in [0.4, 0.5) is 10.2 Å². The lowest BCUT2D eigenvalue weighted by Crippen LogP contribution is -2.37. The largest absolute Gasteiger partial charge is 0.502 e. The van der Waals surface area contributed by atoms with E-state index in [1.54, 1.807) is 0 Å². The number of phosphoric ester groups is 1. The van der Waals surface area contributed by atoms with Gasteiger partial charge in [0.25, 0.3) is 5.56 Å². The molecule has 0 saturated carbocycles. The van der Waals surface area contributed by atoms with Crippen molar-refractivity contribution in [3.05, 3.63) is 45.8 Å². The summed E-state index contributed by atoms with van der Waals surface area (Å²) in [5, 5.41) is 9.49. The Balaban J connectivity index is 1.33. The number of anilines is 1. The molecule has 3 aromatic rings. The van der Waals surface area contributed by atoms with Crippen molar-refractivity contribution in [3.63, 3.8) is 0 Å². The molecule has 4 bridgehead atoms. The molecular weight excluding hydrogens is 631 g/mol. The Morgan fingerprint density at radius 1 is 1.12 bits per heavy atom. The highest BCUT2D eigenvalue weighted by atomic mass is 32.5. The second kappa shape index (κ2) is 11.2. The fourth-order valence-electron chi connectivity index (χ4n) is 4.78. The van der Waals surface area contributed by atoms with Gasteiger partial charge >= 0.3 is 20.2 Å². The third kappa shape index (κ3) is 5.59. The lowest BCUT2D eigenvalue weighted by atomic mass is 10.1. The Kier molecular flexibility index (Phi) is 7.88. The van der Waals surface area contributed by atoms with Gasteiger partial charge in [0.05, 0.1) is 25.6 Å². The average molecular weight is 653 g/mol. The average Bonchev–Trinajstić information content (AvgIpc) is 3.63. The predicted octanol–water partition coefficient (Wildman–Crippen LogP) is 0.113. The molecule has 42 heavy (non-hydrogen) atoms. The summed E-state index contributed by atoms with van der Waals surface area (Å²) >= 11 is 5.11. The van der Waals surface area contributed by atoms with E-state index >= 15 is 4.39 Å². The number of alkyl halides is 1. The quantitative estimate of drug-likeness (QED) is 0.166. The topological polar surface area (TPSA) is 247 Å². The van der Waals surface area contributed by atoms with E-state index in [2.05, 4.69) is 19.6 Å². The maximum Gasteiger partial charge on any atom is 0.502 e. The number of nitrogen functional groups attached to an aromatic ring is 1. The minimum atomic E-state index is -4.84. The molecule has 2 unspecified atom stereocenters. The van der Waals surface area contributed by atoms with E-state index in [1.165, 1.54) is 17.2 Å². The Hall–Kier alpha value is -2.52. The molecular formula is C19H22FN7O12P2S. The Morgan fingerprint density at radius 3 is 2.69 bits per heavy atom. The standard InChI is InChI=1S/C19H22FN7O12P2S/c20-12-10-5-33-40(31,39-30)37-9-3-8(35-17(9)27-7-24-13-15(21)22-6-23-16(13)27)4-34-41(32,42)38-14(12)18(36-10)26-2-1-11(28)25-19(26)29/h1-2,6-10,12,14,17-18,30H,3-5H2,(H,32,42)(H2,21,22,23)(H,25,28,29)/t8-,9+,10+,12+,14+,17+,18+,40?,41?/m0/s1. The molecule has 6 heterocycles. The monoisotopic (exact) mass is 653 g/mol. The number of fused-ring (bicyclic) bond motifs is 5. The number of ether oxygens (including phenoxy) is 2. The number of aromatic amines is 1. The van der Waals surface area contributed by atoms with Crippen molar-refractivity contribution in [2.75, 3.05) is 18.9 Å². The van der Waals surface area contributed by atoms with Crippen LogP contribution >= 0.6 is 14.5 Å². The number of imidazole rings is 1. The second-order valence-electron chi connectivity index (χ2n) is 9.30. The summed E-state index contributed by atoms with van der Waals surface area (Å²) in [6.45, 7) is -5.51. The molecule has 6 rings (SSSR count). The Morgan fingerprint density at radius 2 is 1.93 bits per heavy atom. The van der Waals surface area contributed by atoms with Crippen molar-refractivity contribution in [1.82, 2.24) is 29.1 Å². The Labute approximate surface area is 238 Å². The van der Waals surface area contributed by atoms with Gasteiger partial charge in [-0.25, -0.2) is 34.0 Å². The SMILES string of the molecule is Nc1ncnc2c1ncn2[C@@H]1O[C@@H]2COP(O)(=S)O[C@@H]3[C@H](F)[C@@H](COP(=O)(OO)O[C@@H]1C2)O[C@H]3n1ccc(=O)[nH]c1=O. The van der Waals surface area contributed by atoms with E-state index in [0.29, 0.717) is 0 Å². The number of halogens is 1. The lowest BCUT2D eigenvalue weighted by Gasteiger charge is -2.26. The molecule has 0 spiro atoms. The molecule has 9 atom stereocenters. The van der Waals surface area contributed by atoms with Gasteiger partial charge in [0.2, 0.25) is 0 Å². The summed E-state index contributed by atoms with van der Waals surface area (Å²) in [5.74, 6) is 0.0802. The fourth-order valence-corrected chi connectivity index (χ4v) is 7.20. The van der Waals surface area contributed by atoms with E-state index in [1.807, 2.05) is 4.98 Å². The maximum atomic E-state index is 15.6. The molecule has 3 aliphatic heterocycles. The number of hydrogen-bond acceptors (Lipinski definition) is 16. The molecule has 0 radical (unpaired) electrons. The number of nitrogens with one attached hydrogen (secondary N) is 1. The number of phosphoric acid groups is 1. The van der Waals surface area contributed by atoms with Crippen LogP contribution in [0.15, 0.2) is 34.5 Å². The summed E-state index contributed by atoms with van der Waals surface area (Å²) in [7, 11) is -4.84. The van der Waals surface area contributed by atoms with Crippen LogP contribution in [0.5, 0.6) is 0 Å². The first-order valence-electron chi connectivity index (χ1n) is 12.1. The normalized spacial score (nSPS) is 37.5. The molecule has 5 N–H and O–H groups in total. The summed E-state index contributed by atoms with van der Waals surface area (Å²) in [4.78, 5) is 48.9. The third-order valence-corrected chi connectivity index (χ3v) is 9.39. The third-order valence-electron chi connectivity index (χ3n) is 6.64. The lowest BCUT2D eigenvalue weighted by molar-refractivity contribution is -0.176. The van der Waals surface area contributed by atoms with Crippen LogP contribution in [0.2, 0.25) is 0 Å². The van der Waals surface area contributed by atoms with Crippen LogP contribution in [0.25, 0.3) is 11.2 Å². The van der Waals surface area contributed by atoms with Gasteiger partial charge in [-0.2, -0.15) is 0 Å². The minimum absolute atomic E-state index is 0.0680. The van der Waals surface area contributed by atoms with Gasteiger partial charge in [-0.1, -0.05) is 0 Å². The van der Waals surface area contributed by atoms with Crippen LogP contribution in [0.3, 0.4) is 0 Å². The highest BCUT2D eigenvalue weighted by Gasteiger charge is 2.52. The van der Waals surface area contributed by atoms with Crippen LogP contribution in [0.1, 0.15) is 18.9 Å². The molecule has 19 nitrogen and oxygen atoms in total. The minimum Gasteiger partial charge on any atom is -0.382 e. The van der Waals surface area contributed by atoms with E-state index in [9.17, 15) is 24.3 Å². The first kappa shape index (κ1) is 29.5. The zero-order valence-corrected chi connectivity index (χ0v) is 23.5. The molecule has 3 aromatic heterocycles. The summed E-state index contributed by atoms with van der Waals surface area (Å²) in [6.07, 6.45) is -6.88. The van der Waals surface area contributed by atoms with E-state index in [-0.39, 0.29) is 23.4 Å². The van der Waals surface area contributed by atoms with Gasteiger partial charge in [0, 0.05) is 18.7 Å². The zero-order valence-electron chi connectivity index (χ0n) is 20.9. The maximum absolute atomic E-state index is 15.6. The molecule has 228 valence electrons. The van der Waals surface area contributed by atoms with Crippen molar-refractivity contribution >= 4 is 43.3 Å². The molecule has 0 aliphatic carbocycles. The van der Waals surface area contributed by atoms with Crippen LogP contribution in [-0.2, 0) is 48.6 Å². The molecule has 0 aromatic carbocycles. The van der Waals surface area contributed by atoms with Crippen LogP contribution < -0.4 is 17.0 Å². The van der Waals surface area contributed by atoms with Crippen LogP contribution in [0, 0.1) is 0 Å². The summed E-state index contributed by atoms with van der Waals surface area (Å²) < 4.78 is 68.5. The van der Waals surface area contributed by atoms with Gasteiger partial charge < -0.3 is 24.6 Å². The highest BCUT2D eigenvalue weighted by molar-refractivity contribution is 8.07. The number of rotatable bonds is 3. The van der Waals surface area contributed by atoms with Gasteiger partial charge in [-0.3, -0.25) is 32.5 Å². The van der Waals surface area contributed by atoms with Crippen molar-refractivity contribution in [2.45, 2.75) is 49.5 Å². The number of nitrogens with two attached hydrogens (primary N) is 1. The van der Waals surface area contributed by atoms with Crippen molar-refractivity contribution in [3.8, 4) is 0 Å². The van der Waals surface area contributed by atoms with Crippen LogP contribution in [-0.4, -0.2) is 83.0 Å². The fraction of sp³-hybridized carbons (Fsp3) is 0.526. The molecule has 3 aliphatic rings. The van der Waals surface area contributed by atoms with E-state index < -0.39 is 82.0 Å². The second-order valence-corrected chi connectivity index (χ2v) is 13.6. The molecule has 3 fully saturated rings. The number of nitrogens with zero attached hydrogens (tertiary/aromatic N) is 5. The van der Waals surface area contributed by atoms with Gasteiger partial charge in [0.15, 0.2) is 30.1 Å². The molecule has 23 heteroatoms. The van der Waals surface area contributed by atoms with E-state index in [0.717, 1.165) is 16.8 Å². The van der Waals surface area contributed by atoms with Crippen molar-refractivity contribution in [2.24, 2.45) is 0 Å². The number of hydrogen-bond donors (Lipinski definition) is 4. The summed E-state index contributed by atoms with van der Waals surface area (Å²) in [6, 6.07) is 0.975.